The molecule has 0 saturated carbocycles. The molecule has 5 nitrogen and oxygen atoms in total. The summed E-state index contributed by atoms with van der Waals surface area (Å²) in [5.74, 6) is 1.87. The Hall–Kier alpha value is -2.34. The first-order chi connectivity index (χ1) is 13.0. The maximum atomic E-state index is 6.25. The molecule has 27 heavy (non-hydrogen) atoms. The second-order valence-corrected chi connectivity index (χ2v) is 7.36. The Bertz CT molecular complexity index is 1090. The van der Waals surface area contributed by atoms with Gasteiger partial charge in [-0.25, -0.2) is 0 Å². The summed E-state index contributed by atoms with van der Waals surface area (Å²) in [5, 5.41) is 5.92. The number of nitrogens with zero attached hydrogens (tertiary/aromatic N) is 4. The van der Waals surface area contributed by atoms with Crippen molar-refractivity contribution in [3.8, 4) is 11.4 Å². The SMILES string of the molecule is Cc1c(CN(C)Cc2ccc(Cl)cc2)oc2nc(-c3ccccc3Cl)nn12. The number of aryl methyl sites for hydroxylation is 1. The number of fused-ring (bicyclic) bond motifs is 1. The van der Waals surface area contributed by atoms with Crippen molar-refractivity contribution in [3.63, 3.8) is 0 Å². The normalized spacial score (nSPS) is 11.6. The van der Waals surface area contributed by atoms with E-state index < -0.39 is 0 Å². The van der Waals surface area contributed by atoms with E-state index in [1.165, 1.54) is 5.56 Å². The largest absolute Gasteiger partial charge is 0.425 e. The van der Waals surface area contributed by atoms with Crippen LogP contribution in [0.2, 0.25) is 10.0 Å². The van der Waals surface area contributed by atoms with Gasteiger partial charge < -0.3 is 4.42 Å². The van der Waals surface area contributed by atoms with E-state index in [1.807, 2.05) is 62.5 Å². The molecule has 0 radical (unpaired) electrons. The lowest BCUT2D eigenvalue weighted by Crippen LogP contribution is -2.17. The highest BCUT2D eigenvalue weighted by molar-refractivity contribution is 6.33. The molecule has 2 aromatic carbocycles. The number of hydrogen-bond acceptors (Lipinski definition) is 4. The van der Waals surface area contributed by atoms with Gasteiger partial charge in [0.05, 0.1) is 17.3 Å². The van der Waals surface area contributed by atoms with E-state index in [0.29, 0.717) is 23.2 Å². The summed E-state index contributed by atoms with van der Waals surface area (Å²) in [7, 11) is 2.04. The number of halogens is 2. The molecule has 0 amide bonds. The molecular weight excluding hydrogens is 383 g/mol. The van der Waals surface area contributed by atoms with Gasteiger partial charge in [0.25, 0.3) is 0 Å². The number of hydrogen-bond donors (Lipinski definition) is 0. The summed E-state index contributed by atoms with van der Waals surface area (Å²) in [6.07, 6.45) is 0. The molecule has 0 spiro atoms. The zero-order chi connectivity index (χ0) is 19.0. The molecule has 0 aliphatic heterocycles. The molecule has 0 N–H and O–H groups in total. The van der Waals surface area contributed by atoms with Crippen LogP contribution in [0.3, 0.4) is 0 Å². The van der Waals surface area contributed by atoms with Crippen LogP contribution in [0.5, 0.6) is 0 Å². The van der Waals surface area contributed by atoms with Crippen molar-refractivity contribution in [2.75, 3.05) is 7.05 Å². The molecule has 2 heterocycles. The Kier molecular flexibility index (Phi) is 4.91. The zero-order valence-corrected chi connectivity index (χ0v) is 16.5. The summed E-state index contributed by atoms with van der Waals surface area (Å²) < 4.78 is 7.68. The van der Waals surface area contributed by atoms with Crippen LogP contribution in [0.4, 0.5) is 0 Å². The van der Waals surface area contributed by atoms with Gasteiger partial charge in [-0.05, 0) is 43.8 Å². The third-order valence-corrected chi connectivity index (χ3v) is 4.99. The fourth-order valence-corrected chi connectivity index (χ4v) is 3.34. The summed E-state index contributed by atoms with van der Waals surface area (Å²) in [4.78, 5) is 6.66. The second-order valence-electron chi connectivity index (χ2n) is 6.52. The topological polar surface area (TPSA) is 46.6 Å². The molecule has 0 unspecified atom stereocenters. The lowest BCUT2D eigenvalue weighted by Gasteiger charge is -2.15. The van der Waals surface area contributed by atoms with Crippen LogP contribution in [-0.4, -0.2) is 26.5 Å². The Morgan fingerprint density at radius 1 is 1.04 bits per heavy atom. The zero-order valence-electron chi connectivity index (χ0n) is 15.0. The van der Waals surface area contributed by atoms with Gasteiger partial charge in [0.15, 0.2) is 5.82 Å². The summed E-state index contributed by atoms with van der Waals surface area (Å²) in [6.45, 7) is 3.42. The van der Waals surface area contributed by atoms with E-state index in [1.54, 1.807) is 4.52 Å². The van der Waals surface area contributed by atoms with Crippen LogP contribution in [0.15, 0.2) is 52.9 Å². The average Bonchev–Trinajstić information content (AvgIpc) is 3.17. The van der Waals surface area contributed by atoms with Crippen LogP contribution in [0.1, 0.15) is 17.0 Å². The Balaban J connectivity index is 1.55. The van der Waals surface area contributed by atoms with Gasteiger partial charge in [0.1, 0.15) is 5.76 Å². The summed E-state index contributed by atoms with van der Waals surface area (Å²) in [5.41, 5.74) is 2.91. The van der Waals surface area contributed by atoms with Gasteiger partial charge in [0, 0.05) is 17.1 Å². The molecule has 0 bridgehead atoms. The minimum absolute atomic E-state index is 0.470. The van der Waals surface area contributed by atoms with Crippen LogP contribution in [-0.2, 0) is 13.1 Å². The summed E-state index contributed by atoms with van der Waals surface area (Å²) >= 11 is 12.2. The van der Waals surface area contributed by atoms with E-state index in [0.717, 1.165) is 28.6 Å². The van der Waals surface area contributed by atoms with Crippen LogP contribution in [0.25, 0.3) is 17.2 Å². The van der Waals surface area contributed by atoms with E-state index in [-0.39, 0.29) is 0 Å². The second kappa shape index (κ2) is 7.35. The molecule has 0 atom stereocenters. The maximum absolute atomic E-state index is 6.25. The van der Waals surface area contributed by atoms with Crippen molar-refractivity contribution in [2.45, 2.75) is 20.0 Å². The molecule has 0 aliphatic carbocycles. The quantitative estimate of drug-likeness (QED) is 0.459. The first-order valence-electron chi connectivity index (χ1n) is 8.54. The third kappa shape index (κ3) is 3.72. The number of oxazole rings is 1. The molecule has 4 aromatic rings. The molecule has 0 aliphatic rings. The van der Waals surface area contributed by atoms with E-state index >= 15 is 0 Å². The fraction of sp³-hybridized carbons (Fsp3) is 0.200. The Labute approximate surface area is 167 Å². The van der Waals surface area contributed by atoms with Gasteiger partial charge in [-0.1, -0.05) is 47.5 Å². The van der Waals surface area contributed by atoms with Gasteiger partial charge in [-0.3, -0.25) is 4.90 Å². The number of aromatic nitrogens is 3. The van der Waals surface area contributed by atoms with Gasteiger partial charge in [0.2, 0.25) is 0 Å². The molecule has 4 rings (SSSR count). The van der Waals surface area contributed by atoms with Crippen molar-refractivity contribution in [1.82, 2.24) is 19.5 Å². The number of benzene rings is 2. The molecular formula is C20H18Cl2N4O. The maximum Gasteiger partial charge on any atom is 0.325 e. The minimum Gasteiger partial charge on any atom is -0.425 e. The van der Waals surface area contributed by atoms with E-state index in [9.17, 15) is 0 Å². The molecule has 0 fully saturated rings. The lowest BCUT2D eigenvalue weighted by atomic mass is 10.2. The van der Waals surface area contributed by atoms with Crippen molar-refractivity contribution >= 4 is 29.0 Å². The lowest BCUT2D eigenvalue weighted by molar-refractivity contribution is 0.290. The van der Waals surface area contributed by atoms with Crippen molar-refractivity contribution in [1.29, 1.82) is 0 Å². The first kappa shape index (κ1) is 18.0. The molecule has 0 saturated heterocycles. The first-order valence-corrected chi connectivity index (χ1v) is 9.30. The Morgan fingerprint density at radius 3 is 2.48 bits per heavy atom. The molecule has 7 heteroatoms. The van der Waals surface area contributed by atoms with E-state index in [4.69, 9.17) is 27.6 Å². The standard InChI is InChI=1S/C20H18Cl2N4O/c1-13-18(12-25(2)11-14-7-9-15(21)10-8-14)27-20-23-19(24-26(13)20)16-5-3-4-6-17(16)22/h3-10H,11-12H2,1-2H3. The fourth-order valence-electron chi connectivity index (χ4n) is 2.99. The van der Waals surface area contributed by atoms with Crippen molar-refractivity contribution in [3.05, 3.63) is 75.6 Å². The van der Waals surface area contributed by atoms with Crippen LogP contribution < -0.4 is 0 Å². The van der Waals surface area contributed by atoms with Gasteiger partial charge in [-0.2, -0.15) is 9.50 Å². The van der Waals surface area contributed by atoms with Crippen molar-refractivity contribution in [2.24, 2.45) is 0 Å². The van der Waals surface area contributed by atoms with Gasteiger partial charge in [-0.15, -0.1) is 5.10 Å². The summed E-state index contributed by atoms with van der Waals surface area (Å²) in [6, 6.07) is 15.4. The highest BCUT2D eigenvalue weighted by atomic mass is 35.5. The van der Waals surface area contributed by atoms with Gasteiger partial charge >= 0.3 is 5.84 Å². The van der Waals surface area contributed by atoms with E-state index in [2.05, 4.69) is 15.0 Å². The monoisotopic (exact) mass is 400 g/mol. The van der Waals surface area contributed by atoms with Crippen molar-refractivity contribution < 1.29 is 4.42 Å². The van der Waals surface area contributed by atoms with Crippen LogP contribution >= 0.6 is 23.2 Å². The molecule has 138 valence electrons. The molecule has 2 aromatic heterocycles. The van der Waals surface area contributed by atoms with Crippen LogP contribution in [0, 0.1) is 6.92 Å². The highest BCUT2D eigenvalue weighted by Gasteiger charge is 2.18. The predicted octanol–water partition coefficient (Wildman–Crippen LogP) is 5.24. The number of rotatable bonds is 5. The third-order valence-electron chi connectivity index (χ3n) is 4.41. The smallest absolute Gasteiger partial charge is 0.325 e. The predicted molar refractivity (Wildman–Crippen MR) is 107 cm³/mol. The Morgan fingerprint density at radius 2 is 1.78 bits per heavy atom. The highest BCUT2D eigenvalue weighted by Crippen LogP contribution is 2.27. The average molecular weight is 401 g/mol. The minimum atomic E-state index is 0.470.